The van der Waals surface area contributed by atoms with Crippen LogP contribution in [-0.4, -0.2) is 61.4 Å². The van der Waals surface area contributed by atoms with Crippen molar-refractivity contribution in [3.63, 3.8) is 0 Å². The van der Waals surface area contributed by atoms with Crippen LogP contribution < -0.4 is 0 Å². The highest BCUT2D eigenvalue weighted by Gasteiger charge is 2.47. The Kier molecular flexibility index (Phi) is 6.31. The molecule has 0 amide bonds. The smallest absolute Gasteiger partial charge is 0.149 e. The number of hydrogen-bond donors (Lipinski definition) is 0. The van der Waals surface area contributed by atoms with Crippen molar-refractivity contribution in [2.45, 2.75) is 50.6 Å². The first-order valence-electron chi connectivity index (χ1n) is 10.1. The predicted octanol–water partition coefficient (Wildman–Crippen LogP) is 3.24. The number of methoxy groups -OCH3 is 1. The first-order valence-corrected chi connectivity index (χ1v) is 13.3. The number of thiophene rings is 1. The second-order valence-electron chi connectivity index (χ2n) is 8.38. The van der Waals surface area contributed by atoms with Crippen LogP contribution in [0.25, 0.3) is 0 Å². The summed E-state index contributed by atoms with van der Waals surface area (Å²) >= 11 is 7.97. The molecular weight excluding hydrogens is 446 g/mol. The molecule has 1 saturated heterocycles. The van der Waals surface area contributed by atoms with Gasteiger partial charge in [0.2, 0.25) is 0 Å². The van der Waals surface area contributed by atoms with Crippen LogP contribution in [0.3, 0.4) is 0 Å². The van der Waals surface area contributed by atoms with Gasteiger partial charge in [-0.05, 0) is 25.8 Å². The quantitative estimate of drug-likeness (QED) is 0.641. The Labute approximate surface area is 186 Å². The molecule has 30 heavy (non-hydrogen) atoms. The van der Waals surface area contributed by atoms with Gasteiger partial charge in [-0.2, -0.15) is 5.10 Å². The van der Waals surface area contributed by atoms with E-state index < -0.39 is 9.84 Å². The topological polar surface area (TPSA) is 73.7 Å². The number of piperidine rings is 1. The number of sulfone groups is 1. The molecule has 2 aliphatic rings. The first kappa shape index (κ1) is 22.2. The monoisotopic (exact) mass is 473 g/mol. The van der Waals surface area contributed by atoms with Gasteiger partial charge in [0.05, 0.1) is 29.4 Å². The number of nitrogens with zero attached hydrogens (tertiary/aromatic N) is 3. The van der Waals surface area contributed by atoms with Gasteiger partial charge in [0.25, 0.3) is 0 Å². The Hall–Kier alpha value is -0.970. The molecule has 0 radical (unpaired) electrons. The summed E-state index contributed by atoms with van der Waals surface area (Å²) in [5.74, 6) is 0.0995. The number of ether oxygens (including phenoxy) is 2. The van der Waals surface area contributed by atoms with Crippen molar-refractivity contribution >= 4 is 32.8 Å². The molecule has 1 fully saturated rings. The van der Waals surface area contributed by atoms with Crippen LogP contribution in [0, 0.1) is 0 Å². The van der Waals surface area contributed by atoms with Crippen molar-refractivity contribution in [1.82, 2.24) is 14.7 Å². The predicted molar refractivity (Wildman–Crippen MR) is 118 cm³/mol. The van der Waals surface area contributed by atoms with Crippen LogP contribution in [0.1, 0.15) is 41.9 Å². The Bertz CT molecular complexity index is 1010. The average molecular weight is 474 g/mol. The molecule has 4 heterocycles. The van der Waals surface area contributed by atoms with Crippen molar-refractivity contribution in [2.75, 3.05) is 32.3 Å². The third-order valence-electron chi connectivity index (χ3n) is 6.10. The van der Waals surface area contributed by atoms with Crippen molar-refractivity contribution in [1.29, 1.82) is 0 Å². The summed E-state index contributed by atoms with van der Waals surface area (Å²) in [5.41, 5.74) is 1.97. The second kappa shape index (κ2) is 8.52. The standard InChI is InChI=1S/C20H28ClN3O4S2/c1-14-9-20(19-16(8-18(21)29-19)17(27-2)13-28-20)4-5-23(14)11-15-10-22-24(12-15)6-7-30(3,25)26/h8,10,12,14,17H,4-7,9,11,13H2,1-3H3/t14-,17?,20?/m0/s1. The van der Waals surface area contributed by atoms with E-state index in [0.717, 1.165) is 35.8 Å². The fourth-order valence-corrected chi connectivity index (χ4v) is 6.47. The van der Waals surface area contributed by atoms with Crippen molar-refractivity contribution in [2.24, 2.45) is 0 Å². The molecule has 2 aliphatic heterocycles. The van der Waals surface area contributed by atoms with Gasteiger partial charge >= 0.3 is 0 Å². The number of halogens is 1. The fourth-order valence-electron chi connectivity index (χ4n) is 4.48. The van der Waals surface area contributed by atoms with Gasteiger partial charge in [-0.15, -0.1) is 11.3 Å². The van der Waals surface area contributed by atoms with E-state index >= 15 is 0 Å². The maximum atomic E-state index is 11.4. The van der Waals surface area contributed by atoms with Gasteiger partial charge in [0.15, 0.2) is 0 Å². The summed E-state index contributed by atoms with van der Waals surface area (Å²) in [6, 6.07) is 2.35. The summed E-state index contributed by atoms with van der Waals surface area (Å²) in [6.45, 7) is 4.86. The maximum absolute atomic E-state index is 11.4. The molecule has 0 saturated carbocycles. The number of rotatable bonds is 6. The molecule has 0 N–H and O–H groups in total. The fraction of sp³-hybridized carbons (Fsp3) is 0.650. The van der Waals surface area contributed by atoms with E-state index in [2.05, 4.69) is 16.9 Å². The van der Waals surface area contributed by atoms with Gasteiger partial charge in [0.1, 0.15) is 21.5 Å². The third kappa shape index (κ3) is 4.61. The van der Waals surface area contributed by atoms with Crippen LogP contribution in [0.5, 0.6) is 0 Å². The molecule has 0 aromatic carbocycles. The van der Waals surface area contributed by atoms with E-state index in [0.29, 0.717) is 19.2 Å². The number of fused-ring (bicyclic) bond motifs is 2. The Morgan fingerprint density at radius 2 is 2.27 bits per heavy atom. The molecule has 4 rings (SSSR count). The van der Waals surface area contributed by atoms with Crippen molar-refractivity contribution < 1.29 is 17.9 Å². The van der Waals surface area contributed by atoms with Gasteiger partial charge in [-0.25, -0.2) is 8.42 Å². The molecule has 0 bridgehead atoms. The highest BCUT2D eigenvalue weighted by Crippen LogP contribution is 2.50. The number of hydrogen-bond acceptors (Lipinski definition) is 7. The van der Waals surface area contributed by atoms with E-state index in [4.69, 9.17) is 21.1 Å². The second-order valence-corrected chi connectivity index (χ2v) is 12.3. The molecule has 0 aliphatic carbocycles. The Morgan fingerprint density at radius 3 is 2.97 bits per heavy atom. The van der Waals surface area contributed by atoms with Gasteiger partial charge in [-0.3, -0.25) is 9.58 Å². The van der Waals surface area contributed by atoms with Gasteiger partial charge < -0.3 is 9.47 Å². The molecule has 2 unspecified atom stereocenters. The SMILES string of the molecule is COC1COC2(CCN(Cc3cnn(CCS(C)(=O)=O)c3)[C@@H](C)C2)c2sc(Cl)cc21. The van der Waals surface area contributed by atoms with E-state index in [9.17, 15) is 8.42 Å². The largest absolute Gasteiger partial charge is 0.374 e. The zero-order chi connectivity index (χ0) is 21.5. The molecule has 7 nitrogen and oxygen atoms in total. The van der Waals surface area contributed by atoms with E-state index in [1.165, 1.54) is 16.7 Å². The zero-order valence-electron chi connectivity index (χ0n) is 17.5. The zero-order valence-corrected chi connectivity index (χ0v) is 19.9. The molecule has 2 aromatic rings. The first-order chi connectivity index (χ1) is 14.2. The molecule has 1 spiro atoms. The molecule has 3 atom stereocenters. The Balaban J connectivity index is 1.43. The van der Waals surface area contributed by atoms with E-state index in [1.54, 1.807) is 23.1 Å². The number of aryl methyl sites for hydroxylation is 1. The Morgan fingerprint density at radius 1 is 1.47 bits per heavy atom. The lowest BCUT2D eigenvalue weighted by Crippen LogP contribution is -2.50. The van der Waals surface area contributed by atoms with Crippen LogP contribution in [0.4, 0.5) is 0 Å². The molecule has 2 aromatic heterocycles. The van der Waals surface area contributed by atoms with E-state index in [-0.39, 0.29) is 17.5 Å². The van der Waals surface area contributed by atoms with Gasteiger partial charge in [-0.1, -0.05) is 11.6 Å². The highest BCUT2D eigenvalue weighted by atomic mass is 35.5. The normalized spacial score (nSPS) is 27.5. The number of aromatic nitrogens is 2. The lowest BCUT2D eigenvalue weighted by atomic mass is 9.81. The van der Waals surface area contributed by atoms with Crippen LogP contribution in [0.2, 0.25) is 4.34 Å². The summed E-state index contributed by atoms with van der Waals surface area (Å²) in [6.07, 6.45) is 6.77. The summed E-state index contributed by atoms with van der Waals surface area (Å²) in [5, 5.41) is 4.32. The van der Waals surface area contributed by atoms with Crippen molar-refractivity contribution in [3.8, 4) is 0 Å². The molecule has 10 heteroatoms. The number of likely N-dealkylation sites (tertiary alicyclic amines) is 1. The summed E-state index contributed by atoms with van der Waals surface area (Å²) in [4.78, 5) is 3.65. The van der Waals surface area contributed by atoms with E-state index in [1.807, 2.05) is 18.5 Å². The molecular formula is C20H28ClN3O4S2. The van der Waals surface area contributed by atoms with Crippen LogP contribution >= 0.6 is 22.9 Å². The van der Waals surface area contributed by atoms with Gasteiger partial charge in [0, 0.05) is 54.7 Å². The lowest BCUT2D eigenvalue weighted by Gasteiger charge is -2.48. The maximum Gasteiger partial charge on any atom is 0.149 e. The summed E-state index contributed by atoms with van der Waals surface area (Å²) < 4.78 is 37.2. The molecule has 166 valence electrons. The van der Waals surface area contributed by atoms with Crippen molar-refractivity contribution in [3.05, 3.63) is 38.8 Å². The van der Waals surface area contributed by atoms with Crippen LogP contribution in [0.15, 0.2) is 18.5 Å². The summed E-state index contributed by atoms with van der Waals surface area (Å²) in [7, 11) is -1.29. The third-order valence-corrected chi connectivity index (χ3v) is 8.49. The minimum Gasteiger partial charge on any atom is -0.374 e. The van der Waals surface area contributed by atoms with Crippen LogP contribution in [-0.2, 0) is 38.0 Å². The minimum atomic E-state index is -3.00. The average Bonchev–Trinajstić information content (AvgIpc) is 3.29. The lowest BCUT2D eigenvalue weighted by molar-refractivity contribution is -0.144. The highest BCUT2D eigenvalue weighted by molar-refractivity contribution is 7.90. The minimum absolute atomic E-state index is 0.0551.